The van der Waals surface area contributed by atoms with Gasteiger partial charge < -0.3 is 20.3 Å². The molecule has 18 heavy (non-hydrogen) atoms. The number of benzene rings is 1. The molecule has 0 bridgehead atoms. The van der Waals surface area contributed by atoms with Gasteiger partial charge in [0.25, 0.3) is 0 Å². The molecule has 0 aliphatic heterocycles. The lowest BCUT2D eigenvalue weighted by Crippen LogP contribution is -2.23. The van der Waals surface area contributed by atoms with Gasteiger partial charge in [0.05, 0.1) is 25.9 Å². The van der Waals surface area contributed by atoms with Crippen molar-refractivity contribution in [2.45, 2.75) is 6.04 Å². The fraction of sp³-hybridized carbons (Fsp3) is 0.273. The number of phenolic OH excluding ortho intramolecular Hbond substituents is 1. The summed E-state index contributed by atoms with van der Waals surface area (Å²) < 4.78 is 9.35. The van der Waals surface area contributed by atoms with Crippen molar-refractivity contribution in [2.24, 2.45) is 5.73 Å². The minimum absolute atomic E-state index is 0. The van der Waals surface area contributed by atoms with Crippen LogP contribution < -0.4 is 10.5 Å². The zero-order valence-electron chi connectivity index (χ0n) is 9.84. The molecular weight excluding hydrogens is 260 g/mol. The highest BCUT2D eigenvalue weighted by atomic mass is 35.5. The Bertz CT molecular complexity index is 485. The number of nitrogens with zero attached hydrogens (tertiary/aromatic N) is 1. The highest BCUT2D eigenvalue weighted by Crippen LogP contribution is 2.35. The molecule has 0 saturated heterocycles. The van der Waals surface area contributed by atoms with E-state index in [1.54, 1.807) is 0 Å². The first-order chi connectivity index (χ1) is 8.06. The first-order valence-electron chi connectivity index (χ1n) is 4.70. The summed E-state index contributed by atoms with van der Waals surface area (Å²) >= 11 is 0. The molecule has 0 aliphatic carbocycles. The molecule has 7 heteroatoms. The molecule has 1 atom stereocenters. The summed E-state index contributed by atoms with van der Waals surface area (Å²) in [5.74, 6) is -0.937. The topological polar surface area (TPSA) is 106 Å². The molecule has 0 heterocycles. The number of halogens is 1. The first kappa shape index (κ1) is 16.0. The van der Waals surface area contributed by atoms with Crippen LogP contribution in [0.2, 0.25) is 0 Å². The number of hydrogen-bond donors (Lipinski definition) is 2. The van der Waals surface area contributed by atoms with Crippen molar-refractivity contribution in [1.82, 2.24) is 0 Å². The molecule has 0 saturated carbocycles. The first-order valence-corrected chi connectivity index (χ1v) is 4.70. The molecule has 3 N–H and O–H groups in total. The van der Waals surface area contributed by atoms with Crippen molar-refractivity contribution >= 4 is 18.4 Å². The van der Waals surface area contributed by atoms with E-state index in [9.17, 15) is 9.90 Å². The van der Waals surface area contributed by atoms with E-state index in [0.717, 1.165) is 0 Å². The van der Waals surface area contributed by atoms with Gasteiger partial charge in [-0.15, -0.1) is 12.4 Å². The minimum atomic E-state index is -1.23. The molecule has 0 aliphatic rings. The van der Waals surface area contributed by atoms with Crippen molar-refractivity contribution in [1.29, 1.82) is 5.26 Å². The number of methoxy groups -OCH3 is 2. The van der Waals surface area contributed by atoms with E-state index in [-0.39, 0.29) is 35.0 Å². The lowest BCUT2D eigenvalue weighted by molar-refractivity contribution is -0.142. The number of aromatic hydroxyl groups is 1. The molecule has 0 radical (unpaired) electrons. The monoisotopic (exact) mass is 272 g/mol. The Balaban J connectivity index is 0.00000289. The van der Waals surface area contributed by atoms with Gasteiger partial charge in [0.15, 0.2) is 11.5 Å². The van der Waals surface area contributed by atoms with Crippen LogP contribution in [0.5, 0.6) is 11.5 Å². The van der Waals surface area contributed by atoms with Crippen LogP contribution >= 0.6 is 12.4 Å². The van der Waals surface area contributed by atoms with Gasteiger partial charge in [0.1, 0.15) is 6.04 Å². The highest BCUT2D eigenvalue weighted by Gasteiger charge is 2.25. The molecule has 0 spiro atoms. The van der Waals surface area contributed by atoms with Gasteiger partial charge in [-0.2, -0.15) is 5.26 Å². The Labute approximate surface area is 110 Å². The molecule has 1 aromatic rings. The smallest absolute Gasteiger partial charge is 0.327 e. The summed E-state index contributed by atoms with van der Waals surface area (Å²) in [5, 5.41) is 18.8. The van der Waals surface area contributed by atoms with Crippen LogP contribution in [0.4, 0.5) is 0 Å². The SMILES string of the molecule is COC(=O)[C@H](N)c1c(C#N)ccc(OC)c1O.Cl. The van der Waals surface area contributed by atoms with Crippen LogP contribution in [-0.4, -0.2) is 25.3 Å². The lowest BCUT2D eigenvalue weighted by Gasteiger charge is -2.15. The number of nitriles is 1. The average Bonchev–Trinajstić information content (AvgIpc) is 2.36. The number of phenols is 1. The summed E-state index contributed by atoms with van der Waals surface area (Å²) in [7, 11) is 2.53. The lowest BCUT2D eigenvalue weighted by atomic mass is 10.00. The van der Waals surface area contributed by atoms with Crippen molar-refractivity contribution in [2.75, 3.05) is 14.2 Å². The number of carbonyl (C=O) groups is 1. The Morgan fingerprint density at radius 1 is 1.50 bits per heavy atom. The quantitative estimate of drug-likeness (QED) is 0.791. The van der Waals surface area contributed by atoms with Crippen LogP contribution in [0, 0.1) is 11.3 Å². The molecular formula is C11H13ClN2O4. The van der Waals surface area contributed by atoms with E-state index >= 15 is 0 Å². The molecule has 1 aromatic carbocycles. The molecule has 98 valence electrons. The van der Waals surface area contributed by atoms with Crippen molar-refractivity contribution in [3.05, 3.63) is 23.3 Å². The van der Waals surface area contributed by atoms with E-state index in [1.807, 2.05) is 6.07 Å². The van der Waals surface area contributed by atoms with Crippen LogP contribution in [0.3, 0.4) is 0 Å². The van der Waals surface area contributed by atoms with Crippen LogP contribution in [-0.2, 0) is 9.53 Å². The summed E-state index contributed by atoms with van der Waals surface area (Å²) in [6, 6.07) is 3.44. The fourth-order valence-electron chi connectivity index (χ4n) is 1.41. The summed E-state index contributed by atoms with van der Waals surface area (Å²) in [4.78, 5) is 11.3. The van der Waals surface area contributed by atoms with Gasteiger partial charge in [-0.1, -0.05) is 0 Å². The van der Waals surface area contributed by atoms with Gasteiger partial charge >= 0.3 is 5.97 Å². The van der Waals surface area contributed by atoms with Crippen molar-refractivity contribution < 1.29 is 19.4 Å². The van der Waals surface area contributed by atoms with Crippen molar-refractivity contribution in [3.63, 3.8) is 0 Å². The van der Waals surface area contributed by atoms with Gasteiger partial charge in [-0.3, -0.25) is 4.79 Å². The van der Waals surface area contributed by atoms with E-state index in [4.69, 9.17) is 15.7 Å². The van der Waals surface area contributed by atoms with Crippen LogP contribution in [0.15, 0.2) is 12.1 Å². The van der Waals surface area contributed by atoms with E-state index in [1.165, 1.54) is 26.4 Å². The van der Waals surface area contributed by atoms with Crippen LogP contribution in [0.25, 0.3) is 0 Å². The third-order valence-corrected chi connectivity index (χ3v) is 2.29. The minimum Gasteiger partial charge on any atom is -0.504 e. The van der Waals surface area contributed by atoms with E-state index in [0.29, 0.717) is 0 Å². The molecule has 1 rings (SSSR count). The van der Waals surface area contributed by atoms with Gasteiger partial charge in [0.2, 0.25) is 0 Å². The predicted molar refractivity (Wildman–Crippen MR) is 65.6 cm³/mol. The fourth-order valence-corrected chi connectivity index (χ4v) is 1.41. The second-order valence-corrected chi connectivity index (χ2v) is 3.19. The molecule has 0 fully saturated rings. The van der Waals surface area contributed by atoms with Gasteiger partial charge in [-0.25, -0.2) is 0 Å². The normalized spacial score (nSPS) is 10.8. The maximum atomic E-state index is 11.3. The van der Waals surface area contributed by atoms with Crippen LogP contribution in [0.1, 0.15) is 17.2 Å². The predicted octanol–water partition coefficient (Wildman–Crippen LogP) is 0.867. The Morgan fingerprint density at radius 2 is 2.11 bits per heavy atom. The number of rotatable bonds is 3. The number of carbonyl (C=O) groups excluding carboxylic acids is 1. The average molecular weight is 273 g/mol. The number of nitrogens with two attached hydrogens (primary N) is 1. The highest BCUT2D eigenvalue weighted by molar-refractivity contribution is 5.85. The summed E-state index contributed by atoms with van der Waals surface area (Å²) in [6.07, 6.45) is 0. The van der Waals surface area contributed by atoms with Gasteiger partial charge in [-0.05, 0) is 12.1 Å². The zero-order valence-corrected chi connectivity index (χ0v) is 10.7. The third-order valence-electron chi connectivity index (χ3n) is 2.29. The number of ether oxygens (including phenoxy) is 2. The maximum Gasteiger partial charge on any atom is 0.327 e. The third kappa shape index (κ3) is 2.83. The standard InChI is InChI=1S/C11H12N2O4.ClH/c1-16-7-4-3-6(5-12)8(10(7)14)9(13)11(15)17-2;/h3-4,9,14H,13H2,1-2H3;1H/t9-;/m1./s1. The molecule has 0 aromatic heterocycles. The summed E-state index contributed by atoms with van der Waals surface area (Å²) in [6.45, 7) is 0. The zero-order chi connectivity index (χ0) is 13.0. The Morgan fingerprint density at radius 3 is 2.56 bits per heavy atom. The molecule has 6 nitrogen and oxygen atoms in total. The van der Waals surface area contributed by atoms with Crippen molar-refractivity contribution in [3.8, 4) is 17.6 Å². The molecule has 0 unspecified atom stereocenters. The van der Waals surface area contributed by atoms with E-state index in [2.05, 4.69) is 4.74 Å². The number of esters is 1. The maximum absolute atomic E-state index is 11.3. The summed E-state index contributed by atoms with van der Waals surface area (Å²) in [5.41, 5.74) is 5.71. The Hall–Kier alpha value is -1.97. The molecule has 0 amide bonds. The second-order valence-electron chi connectivity index (χ2n) is 3.19. The Kier molecular flexibility index (Phi) is 5.96. The number of hydrogen-bond acceptors (Lipinski definition) is 6. The second kappa shape index (κ2) is 6.69. The van der Waals surface area contributed by atoms with Gasteiger partial charge in [0, 0.05) is 5.56 Å². The van der Waals surface area contributed by atoms with E-state index < -0.39 is 12.0 Å². The largest absolute Gasteiger partial charge is 0.504 e.